The van der Waals surface area contributed by atoms with E-state index in [2.05, 4.69) is 0 Å². The molecule has 35 heavy (non-hydrogen) atoms. The summed E-state index contributed by atoms with van der Waals surface area (Å²) in [4.78, 5) is 45.2. The average Bonchev–Trinajstić information content (AvgIpc) is 3.57. The molecule has 0 spiro atoms. The van der Waals surface area contributed by atoms with Crippen LogP contribution in [-0.2, 0) is 9.53 Å². The Bertz CT molecular complexity index is 1520. The summed E-state index contributed by atoms with van der Waals surface area (Å²) in [6, 6.07) is 12.9. The maximum Gasteiger partial charge on any atom is 0.337 e. The maximum atomic E-state index is 13.4. The fourth-order valence-electron chi connectivity index (χ4n) is 4.27. The minimum atomic E-state index is -0.911. The molecule has 1 aliphatic rings. The number of carbonyl (C=O) groups is 3. The minimum absolute atomic E-state index is 0.0181. The number of ketones is 1. The van der Waals surface area contributed by atoms with Crippen molar-refractivity contribution in [3.63, 3.8) is 0 Å². The molecule has 0 saturated heterocycles. The van der Waals surface area contributed by atoms with Crippen molar-refractivity contribution in [3.05, 3.63) is 92.4 Å². The number of amides is 1. The number of thiophene rings is 1. The van der Waals surface area contributed by atoms with Crippen LogP contribution in [-0.4, -0.2) is 34.9 Å². The lowest BCUT2D eigenvalue weighted by Crippen LogP contribution is -2.31. The van der Waals surface area contributed by atoms with Crippen molar-refractivity contribution in [1.29, 1.82) is 0 Å². The predicted octanol–water partition coefficient (Wildman–Crippen LogP) is 5.54. The highest BCUT2D eigenvalue weighted by Gasteiger charge is 2.46. The van der Waals surface area contributed by atoms with Crippen molar-refractivity contribution in [2.24, 2.45) is 0 Å². The van der Waals surface area contributed by atoms with Crippen LogP contribution in [0.5, 0.6) is 0 Å². The number of aliphatic hydroxyl groups is 1. The largest absolute Gasteiger partial charge is 0.503 e. The summed E-state index contributed by atoms with van der Waals surface area (Å²) < 4.78 is 5.68. The van der Waals surface area contributed by atoms with E-state index < -0.39 is 29.5 Å². The third kappa shape index (κ3) is 3.82. The molecule has 4 aromatic rings. The molecule has 3 heterocycles. The number of methoxy groups -OCH3 is 1. The average molecular weight is 505 g/mol. The molecular formula is C26H20N2O5S2. The molecule has 1 aliphatic heterocycles. The first kappa shape index (κ1) is 22.9. The van der Waals surface area contributed by atoms with Crippen molar-refractivity contribution >= 4 is 55.7 Å². The highest BCUT2D eigenvalue weighted by atomic mass is 32.1. The van der Waals surface area contributed by atoms with Crippen LogP contribution < -0.4 is 4.90 Å². The van der Waals surface area contributed by atoms with E-state index in [1.54, 1.807) is 41.8 Å². The fourth-order valence-corrected chi connectivity index (χ4v) is 6.12. The first-order valence-corrected chi connectivity index (χ1v) is 12.4. The van der Waals surface area contributed by atoms with E-state index in [4.69, 9.17) is 9.72 Å². The molecule has 0 fully saturated rings. The number of ether oxygens (including phenoxy) is 1. The molecule has 2 aromatic heterocycles. The maximum absolute atomic E-state index is 13.4. The molecule has 0 saturated carbocycles. The molecule has 0 radical (unpaired) electrons. The van der Waals surface area contributed by atoms with Crippen LogP contribution in [0.1, 0.15) is 42.8 Å². The number of aromatic nitrogens is 1. The van der Waals surface area contributed by atoms with Crippen molar-refractivity contribution in [2.75, 3.05) is 12.0 Å². The number of Topliss-reactive ketones (excluding diaryl/α,β-unsaturated/α-hetero) is 1. The number of anilines is 1. The van der Waals surface area contributed by atoms with Gasteiger partial charge < -0.3 is 9.84 Å². The van der Waals surface area contributed by atoms with Gasteiger partial charge in [0.2, 0.25) is 5.78 Å². The second kappa shape index (κ2) is 8.75. The molecule has 1 atom stereocenters. The van der Waals surface area contributed by atoms with Crippen LogP contribution in [0.2, 0.25) is 0 Å². The van der Waals surface area contributed by atoms with Gasteiger partial charge in [0.25, 0.3) is 5.91 Å². The highest BCUT2D eigenvalue weighted by Crippen LogP contribution is 2.45. The number of rotatable bonds is 5. The third-order valence-electron chi connectivity index (χ3n) is 5.87. The molecule has 0 aliphatic carbocycles. The molecule has 7 nitrogen and oxygen atoms in total. The summed E-state index contributed by atoms with van der Waals surface area (Å²) in [5.74, 6) is -2.22. The summed E-state index contributed by atoms with van der Waals surface area (Å²) in [5.41, 5.74) is 3.68. The van der Waals surface area contributed by atoms with E-state index >= 15 is 0 Å². The number of hydrogen-bond acceptors (Lipinski definition) is 8. The van der Waals surface area contributed by atoms with Crippen molar-refractivity contribution in [2.45, 2.75) is 19.9 Å². The van der Waals surface area contributed by atoms with Gasteiger partial charge in [0, 0.05) is 0 Å². The Hall–Kier alpha value is -3.82. The SMILES string of the molecule is COC(=O)c1ccc([C@@H]2C(C(=O)c3cccs3)=C(O)C(=O)N2c2nc3c(C)cc(C)cc3s2)cc1. The quantitative estimate of drug-likeness (QED) is 0.283. The lowest BCUT2D eigenvalue weighted by atomic mass is 9.95. The Labute approximate surface area is 208 Å². The zero-order valence-electron chi connectivity index (χ0n) is 19.1. The smallest absolute Gasteiger partial charge is 0.337 e. The van der Waals surface area contributed by atoms with Gasteiger partial charge in [0.1, 0.15) is 0 Å². The standard InChI is InChI=1S/C26H20N2O5S2/c1-13-11-14(2)20-18(12-13)35-26(27-20)28-21(15-6-8-16(9-7-15)25(32)33-3)19(23(30)24(28)31)22(29)17-5-4-10-34-17/h4-12,21,30H,1-3H3/t21-/m1/s1. The molecule has 1 N–H and O–H groups in total. The summed E-state index contributed by atoms with van der Waals surface area (Å²) >= 11 is 2.56. The van der Waals surface area contributed by atoms with Crippen molar-refractivity contribution in [3.8, 4) is 0 Å². The number of thiazole rings is 1. The summed E-state index contributed by atoms with van der Waals surface area (Å²) in [6.07, 6.45) is 0. The van der Waals surface area contributed by atoms with E-state index in [1.165, 1.54) is 34.7 Å². The first-order valence-electron chi connectivity index (χ1n) is 10.7. The Morgan fingerprint density at radius 1 is 1.11 bits per heavy atom. The Morgan fingerprint density at radius 2 is 1.86 bits per heavy atom. The zero-order valence-corrected chi connectivity index (χ0v) is 20.7. The second-order valence-corrected chi connectivity index (χ2v) is 10.1. The number of aliphatic hydroxyl groups excluding tert-OH is 1. The summed E-state index contributed by atoms with van der Waals surface area (Å²) in [5, 5.41) is 13.1. The number of benzene rings is 2. The Balaban J connectivity index is 1.67. The van der Waals surface area contributed by atoms with Crippen molar-refractivity contribution in [1.82, 2.24) is 4.98 Å². The molecule has 176 valence electrons. The molecular weight excluding hydrogens is 484 g/mol. The van der Waals surface area contributed by atoms with E-state index in [0.29, 0.717) is 21.1 Å². The lowest BCUT2D eigenvalue weighted by molar-refractivity contribution is -0.117. The highest BCUT2D eigenvalue weighted by molar-refractivity contribution is 7.22. The van der Waals surface area contributed by atoms with Crippen LogP contribution in [0.3, 0.4) is 0 Å². The van der Waals surface area contributed by atoms with Crippen LogP contribution in [0, 0.1) is 13.8 Å². The molecule has 9 heteroatoms. The molecule has 2 aromatic carbocycles. The van der Waals surface area contributed by atoms with Crippen molar-refractivity contribution < 1.29 is 24.2 Å². The monoisotopic (exact) mass is 504 g/mol. The summed E-state index contributed by atoms with van der Waals surface area (Å²) in [6.45, 7) is 3.94. The van der Waals surface area contributed by atoms with Gasteiger partial charge in [-0.05, 0) is 60.2 Å². The number of aryl methyl sites for hydroxylation is 2. The lowest BCUT2D eigenvalue weighted by Gasteiger charge is -2.24. The minimum Gasteiger partial charge on any atom is -0.503 e. The van der Waals surface area contributed by atoms with Gasteiger partial charge in [-0.1, -0.05) is 35.6 Å². The van der Waals surface area contributed by atoms with Crippen LogP contribution in [0.25, 0.3) is 10.2 Å². The molecule has 0 unspecified atom stereocenters. The van der Waals surface area contributed by atoms with Gasteiger partial charge in [-0.2, -0.15) is 0 Å². The van der Waals surface area contributed by atoms with Crippen LogP contribution >= 0.6 is 22.7 Å². The first-order chi connectivity index (χ1) is 16.8. The van der Waals surface area contributed by atoms with Gasteiger partial charge in [-0.25, -0.2) is 9.78 Å². The fraction of sp³-hybridized carbons (Fsp3) is 0.154. The van der Waals surface area contributed by atoms with Gasteiger partial charge >= 0.3 is 5.97 Å². The van der Waals surface area contributed by atoms with Gasteiger partial charge in [-0.15, -0.1) is 11.3 Å². The van der Waals surface area contributed by atoms with Crippen LogP contribution in [0.4, 0.5) is 5.13 Å². The van der Waals surface area contributed by atoms with Gasteiger partial charge in [0.15, 0.2) is 10.9 Å². The van der Waals surface area contributed by atoms with E-state index in [-0.39, 0.29) is 5.57 Å². The third-order valence-corrected chi connectivity index (χ3v) is 7.74. The number of fused-ring (bicyclic) bond motifs is 1. The number of esters is 1. The summed E-state index contributed by atoms with van der Waals surface area (Å²) in [7, 11) is 1.29. The van der Waals surface area contributed by atoms with Gasteiger partial charge in [0.05, 0.1) is 39.4 Å². The molecule has 5 rings (SSSR count). The van der Waals surface area contributed by atoms with E-state index in [9.17, 15) is 19.5 Å². The van der Waals surface area contributed by atoms with Crippen LogP contribution in [0.15, 0.2) is 65.2 Å². The molecule has 0 bridgehead atoms. The van der Waals surface area contributed by atoms with E-state index in [1.807, 2.05) is 26.0 Å². The van der Waals surface area contributed by atoms with Gasteiger partial charge in [-0.3, -0.25) is 14.5 Å². The number of hydrogen-bond donors (Lipinski definition) is 1. The molecule has 1 amide bonds. The van der Waals surface area contributed by atoms with E-state index in [0.717, 1.165) is 21.3 Å². The Morgan fingerprint density at radius 3 is 2.51 bits per heavy atom. The number of carbonyl (C=O) groups excluding carboxylic acids is 3. The number of nitrogens with zero attached hydrogens (tertiary/aromatic N) is 2. The second-order valence-electron chi connectivity index (χ2n) is 8.18. The normalized spacial score (nSPS) is 15.8. The zero-order chi connectivity index (χ0) is 24.9. The predicted molar refractivity (Wildman–Crippen MR) is 135 cm³/mol. The Kier molecular flexibility index (Phi) is 5.74. The topological polar surface area (TPSA) is 96.8 Å².